The zero-order valence-electron chi connectivity index (χ0n) is 10.7. The van der Waals surface area contributed by atoms with Crippen molar-refractivity contribution >= 4 is 23.0 Å². The van der Waals surface area contributed by atoms with Crippen molar-refractivity contribution in [2.45, 2.75) is 27.3 Å². The molecule has 0 aliphatic carbocycles. The predicted octanol–water partition coefficient (Wildman–Crippen LogP) is 2.36. The van der Waals surface area contributed by atoms with Crippen molar-refractivity contribution in [2.24, 2.45) is 5.84 Å². The molecule has 18 heavy (non-hydrogen) atoms. The standard InChI is InChI=1S/C12H17N5S/c1-7-5-18-6-10(7)4-14-11-8(2)12(17-13)16-9(3)15-11/h5-6H,4,13H2,1-3H3,(H2,14,15,16,17). The van der Waals surface area contributed by atoms with Gasteiger partial charge < -0.3 is 10.7 Å². The summed E-state index contributed by atoms with van der Waals surface area (Å²) in [7, 11) is 0. The van der Waals surface area contributed by atoms with Crippen molar-refractivity contribution in [2.75, 3.05) is 10.7 Å². The molecule has 0 aromatic carbocycles. The quantitative estimate of drug-likeness (QED) is 0.583. The summed E-state index contributed by atoms with van der Waals surface area (Å²) in [5.74, 6) is 7.61. The van der Waals surface area contributed by atoms with Gasteiger partial charge in [0.2, 0.25) is 0 Å². The van der Waals surface area contributed by atoms with Gasteiger partial charge in [0.05, 0.1) is 0 Å². The molecule has 6 heteroatoms. The number of aryl methyl sites for hydroxylation is 2. The Morgan fingerprint density at radius 2 is 1.89 bits per heavy atom. The van der Waals surface area contributed by atoms with E-state index in [0.717, 1.165) is 17.9 Å². The van der Waals surface area contributed by atoms with E-state index in [1.54, 1.807) is 11.3 Å². The molecule has 0 saturated heterocycles. The summed E-state index contributed by atoms with van der Waals surface area (Å²) < 4.78 is 0. The van der Waals surface area contributed by atoms with Gasteiger partial charge in [-0.05, 0) is 42.7 Å². The monoisotopic (exact) mass is 263 g/mol. The zero-order valence-corrected chi connectivity index (χ0v) is 11.6. The van der Waals surface area contributed by atoms with Crippen LogP contribution in [0.2, 0.25) is 0 Å². The fourth-order valence-electron chi connectivity index (χ4n) is 1.69. The molecule has 2 aromatic rings. The Hall–Kier alpha value is -1.66. The molecule has 96 valence electrons. The molecular formula is C12H17N5S. The minimum atomic E-state index is 0.659. The number of aromatic nitrogens is 2. The second-order valence-corrected chi connectivity index (χ2v) is 4.91. The van der Waals surface area contributed by atoms with Crippen LogP contribution in [-0.2, 0) is 6.54 Å². The molecule has 0 spiro atoms. The van der Waals surface area contributed by atoms with Crippen molar-refractivity contribution in [1.29, 1.82) is 0 Å². The maximum absolute atomic E-state index is 5.44. The third-order valence-corrected chi connectivity index (χ3v) is 3.71. The number of nitrogens with zero attached hydrogens (tertiary/aromatic N) is 2. The van der Waals surface area contributed by atoms with Gasteiger partial charge in [-0.15, -0.1) is 0 Å². The first kappa shape index (κ1) is 12.8. The molecule has 2 rings (SSSR count). The molecule has 0 saturated carbocycles. The molecule has 5 nitrogen and oxygen atoms in total. The van der Waals surface area contributed by atoms with Crippen molar-refractivity contribution in [3.8, 4) is 0 Å². The third kappa shape index (κ3) is 2.60. The Bertz CT molecular complexity index is 549. The largest absolute Gasteiger partial charge is 0.366 e. The normalized spacial score (nSPS) is 10.4. The number of nitrogens with one attached hydrogen (secondary N) is 2. The first-order valence-electron chi connectivity index (χ1n) is 5.69. The number of thiophene rings is 1. The highest BCUT2D eigenvalue weighted by molar-refractivity contribution is 7.08. The second kappa shape index (κ2) is 5.32. The van der Waals surface area contributed by atoms with E-state index in [-0.39, 0.29) is 0 Å². The van der Waals surface area contributed by atoms with Gasteiger partial charge in [-0.25, -0.2) is 15.8 Å². The predicted molar refractivity (Wildman–Crippen MR) is 75.7 cm³/mol. The van der Waals surface area contributed by atoms with Gasteiger partial charge >= 0.3 is 0 Å². The number of hydrazine groups is 1. The Kier molecular flexibility index (Phi) is 3.78. The first-order chi connectivity index (χ1) is 8.61. The highest BCUT2D eigenvalue weighted by Gasteiger charge is 2.08. The lowest BCUT2D eigenvalue weighted by atomic mass is 10.2. The lowest BCUT2D eigenvalue weighted by Crippen LogP contribution is -2.14. The second-order valence-electron chi connectivity index (χ2n) is 4.17. The number of rotatable bonds is 4. The van der Waals surface area contributed by atoms with Crippen LogP contribution >= 0.6 is 11.3 Å². The third-order valence-electron chi connectivity index (χ3n) is 2.80. The Labute approximate surface area is 110 Å². The molecule has 0 bridgehead atoms. The van der Waals surface area contributed by atoms with Gasteiger partial charge in [0, 0.05) is 12.1 Å². The Morgan fingerprint density at radius 3 is 2.50 bits per heavy atom. The van der Waals surface area contributed by atoms with Gasteiger partial charge in [0.15, 0.2) is 0 Å². The average Bonchev–Trinajstić information content (AvgIpc) is 2.75. The molecule has 0 fully saturated rings. The minimum Gasteiger partial charge on any atom is -0.366 e. The van der Waals surface area contributed by atoms with Crippen LogP contribution in [0, 0.1) is 20.8 Å². The molecular weight excluding hydrogens is 246 g/mol. The summed E-state index contributed by atoms with van der Waals surface area (Å²) in [5, 5.41) is 7.62. The fourth-order valence-corrected chi connectivity index (χ4v) is 2.55. The van der Waals surface area contributed by atoms with E-state index < -0.39 is 0 Å². The summed E-state index contributed by atoms with van der Waals surface area (Å²) in [6.45, 7) is 6.66. The molecule has 2 heterocycles. The zero-order chi connectivity index (χ0) is 13.1. The van der Waals surface area contributed by atoms with Crippen molar-refractivity contribution in [3.63, 3.8) is 0 Å². The van der Waals surface area contributed by atoms with E-state index in [1.165, 1.54) is 11.1 Å². The number of nitrogen functional groups attached to an aromatic ring is 1. The number of hydrogen-bond donors (Lipinski definition) is 3. The van der Waals surface area contributed by atoms with Crippen LogP contribution < -0.4 is 16.6 Å². The molecule has 0 aliphatic heterocycles. The molecule has 0 atom stereocenters. The van der Waals surface area contributed by atoms with Crippen LogP contribution in [0.4, 0.5) is 11.6 Å². The summed E-state index contributed by atoms with van der Waals surface area (Å²) in [6.07, 6.45) is 0. The van der Waals surface area contributed by atoms with Gasteiger partial charge in [0.25, 0.3) is 0 Å². The van der Waals surface area contributed by atoms with Crippen LogP contribution in [0.15, 0.2) is 10.8 Å². The summed E-state index contributed by atoms with van der Waals surface area (Å²) in [4.78, 5) is 8.63. The summed E-state index contributed by atoms with van der Waals surface area (Å²) in [5.41, 5.74) is 6.11. The van der Waals surface area contributed by atoms with E-state index >= 15 is 0 Å². The topological polar surface area (TPSA) is 75.9 Å². The van der Waals surface area contributed by atoms with Crippen LogP contribution in [0.3, 0.4) is 0 Å². The van der Waals surface area contributed by atoms with Gasteiger partial charge in [-0.3, -0.25) is 0 Å². The van der Waals surface area contributed by atoms with E-state index in [1.807, 2.05) is 13.8 Å². The molecule has 2 aromatic heterocycles. The van der Waals surface area contributed by atoms with Gasteiger partial charge in [-0.1, -0.05) is 0 Å². The smallest absolute Gasteiger partial charge is 0.148 e. The van der Waals surface area contributed by atoms with Crippen LogP contribution in [0.25, 0.3) is 0 Å². The van der Waals surface area contributed by atoms with Crippen molar-refractivity contribution < 1.29 is 0 Å². The van der Waals surface area contributed by atoms with E-state index in [2.05, 4.69) is 38.4 Å². The molecule has 0 radical (unpaired) electrons. The molecule has 0 unspecified atom stereocenters. The van der Waals surface area contributed by atoms with Crippen LogP contribution in [0.5, 0.6) is 0 Å². The minimum absolute atomic E-state index is 0.659. The maximum atomic E-state index is 5.44. The summed E-state index contributed by atoms with van der Waals surface area (Å²) in [6, 6.07) is 0. The SMILES string of the molecule is Cc1nc(NN)c(C)c(NCc2cscc2C)n1. The first-order valence-corrected chi connectivity index (χ1v) is 6.63. The fraction of sp³-hybridized carbons (Fsp3) is 0.333. The average molecular weight is 263 g/mol. The van der Waals surface area contributed by atoms with Crippen LogP contribution in [-0.4, -0.2) is 9.97 Å². The van der Waals surface area contributed by atoms with Crippen molar-refractivity contribution in [3.05, 3.63) is 33.3 Å². The number of nitrogens with two attached hydrogens (primary N) is 1. The molecule has 4 N–H and O–H groups in total. The molecule has 0 amide bonds. The number of anilines is 2. The van der Waals surface area contributed by atoms with Crippen LogP contribution in [0.1, 0.15) is 22.5 Å². The van der Waals surface area contributed by atoms with E-state index in [0.29, 0.717) is 11.6 Å². The lowest BCUT2D eigenvalue weighted by molar-refractivity contribution is 0.996. The van der Waals surface area contributed by atoms with Gasteiger partial charge in [0.1, 0.15) is 17.5 Å². The summed E-state index contributed by atoms with van der Waals surface area (Å²) >= 11 is 1.71. The Morgan fingerprint density at radius 1 is 1.17 bits per heavy atom. The Balaban J connectivity index is 2.19. The van der Waals surface area contributed by atoms with Crippen molar-refractivity contribution in [1.82, 2.24) is 9.97 Å². The lowest BCUT2D eigenvalue weighted by Gasteiger charge is -2.12. The highest BCUT2D eigenvalue weighted by atomic mass is 32.1. The van der Waals surface area contributed by atoms with E-state index in [4.69, 9.17) is 5.84 Å². The van der Waals surface area contributed by atoms with E-state index in [9.17, 15) is 0 Å². The molecule has 0 aliphatic rings. The van der Waals surface area contributed by atoms with Gasteiger partial charge in [-0.2, -0.15) is 11.3 Å². The number of hydrogen-bond acceptors (Lipinski definition) is 6. The highest BCUT2D eigenvalue weighted by Crippen LogP contribution is 2.21. The maximum Gasteiger partial charge on any atom is 0.148 e.